The van der Waals surface area contributed by atoms with Gasteiger partial charge in [0.1, 0.15) is 0 Å². The average Bonchev–Trinajstić information content (AvgIpc) is 2.68. The first-order valence-electron chi connectivity index (χ1n) is 8.64. The van der Waals surface area contributed by atoms with Crippen molar-refractivity contribution in [2.75, 3.05) is 39.3 Å². The molecule has 0 aliphatic rings. The largest absolute Gasteiger partial charge is 0.493 e. The monoisotopic (exact) mass is 374 g/mol. The number of anilines is 1. The molecule has 2 aromatic rings. The number of amides is 2. The van der Waals surface area contributed by atoms with Gasteiger partial charge in [0.05, 0.1) is 39.2 Å². The maximum absolute atomic E-state index is 12.3. The topological polar surface area (TPSA) is 89.1 Å². The van der Waals surface area contributed by atoms with Gasteiger partial charge in [0.15, 0.2) is 11.5 Å². The molecule has 0 spiro atoms. The van der Waals surface area contributed by atoms with Gasteiger partial charge in [-0.2, -0.15) is 0 Å². The van der Waals surface area contributed by atoms with E-state index < -0.39 is 6.03 Å². The molecule has 0 heterocycles. The van der Waals surface area contributed by atoms with Gasteiger partial charge in [-0.05, 0) is 24.6 Å². The lowest BCUT2D eigenvalue weighted by molar-refractivity contribution is 0.0297. The number of urea groups is 1. The molecular formula is C20H26N2O5. The third-order valence-electron chi connectivity index (χ3n) is 3.96. The van der Waals surface area contributed by atoms with Crippen molar-refractivity contribution in [3.63, 3.8) is 0 Å². The Morgan fingerprint density at radius 1 is 1.11 bits per heavy atom. The third kappa shape index (κ3) is 5.87. The fourth-order valence-electron chi connectivity index (χ4n) is 2.59. The zero-order valence-corrected chi connectivity index (χ0v) is 15.8. The van der Waals surface area contributed by atoms with Crippen LogP contribution in [0.25, 0.3) is 0 Å². The molecule has 1 atom stereocenters. The molecular weight excluding hydrogens is 348 g/mol. The number of hydrogen-bond acceptors (Lipinski definition) is 5. The van der Waals surface area contributed by atoms with Crippen molar-refractivity contribution < 1.29 is 24.1 Å². The van der Waals surface area contributed by atoms with Gasteiger partial charge in [-0.3, -0.25) is 0 Å². The number of para-hydroxylation sites is 1. The lowest BCUT2D eigenvalue weighted by Crippen LogP contribution is -2.33. The molecule has 0 fully saturated rings. The highest BCUT2D eigenvalue weighted by Gasteiger charge is 2.15. The SMILES string of the molecule is COc1cccc(NC(=O)NC[C@H](OCCO)c2ccc(C)cc2)c1OC. The standard InChI is InChI=1S/C20H26N2O5/c1-14-7-9-15(10-8-14)18(27-12-11-23)13-21-20(24)22-16-5-4-6-17(25-2)19(16)26-3/h4-10,18,23H,11-13H2,1-3H3,(H2,21,22,24)/t18-/m0/s1. The summed E-state index contributed by atoms with van der Waals surface area (Å²) >= 11 is 0. The minimum Gasteiger partial charge on any atom is -0.493 e. The first-order valence-corrected chi connectivity index (χ1v) is 8.64. The molecule has 0 aliphatic carbocycles. The smallest absolute Gasteiger partial charge is 0.319 e. The summed E-state index contributed by atoms with van der Waals surface area (Å²) in [5, 5.41) is 14.6. The molecule has 27 heavy (non-hydrogen) atoms. The molecule has 0 saturated carbocycles. The van der Waals surface area contributed by atoms with E-state index in [0.29, 0.717) is 17.2 Å². The van der Waals surface area contributed by atoms with Gasteiger partial charge >= 0.3 is 6.03 Å². The van der Waals surface area contributed by atoms with E-state index in [0.717, 1.165) is 11.1 Å². The minimum atomic E-state index is -0.397. The van der Waals surface area contributed by atoms with Crippen molar-refractivity contribution in [1.82, 2.24) is 5.32 Å². The molecule has 2 aromatic carbocycles. The van der Waals surface area contributed by atoms with Gasteiger partial charge in [-0.15, -0.1) is 0 Å². The van der Waals surface area contributed by atoms with Crippen LogP contribution in [-0.4, -0.2) is 45.1 Å². The summed E-state index contributed by atoms with van der Waals surface area (Å²) in [4.78, 5) is 12.3. The first-order chi connectivity index (χ1) is 13.1. The number of aryl methyl sites for hydroxylation is 1. The average molecular weight is 374 g/mol. The number of aliphatic hydroxyl groups is 1. The van der Waals surface area contributed by atoms with Gasteiger partial charge < -0.3 is 30.0 Å². The molecule has 2 amide bonds. The second-order valence-electron chi connectivity index (χ2n) is 5.87. The quantitative estimate of drug-likeness (QED) is 0.628. The van der Waals surface area contributed by atoms with E-state index >= 15 is 0 Å². The fraction of sp³-hybridized carbons (Fsp3) is 0.350. The summed E-state index contributed by atoms with van der Waals surface area (Å²) in [7, 11) is 3.05. The number of ether oxygens (including phenoxy) is 3. The van der Waals surface area contributed by atoms with E-state index in [1.54, 1.807) is 18.2 Å². The lowest BCUT2D eigenvalue weighted by atomic mass is 10.1. The maximum atomic E-state index is 12.3. The van der Waals surface area contributed by atoms with E-state index in [1.807, 2.05) is 31.2 Å². The molecule has 3 N–H and O–H groups in total. The highest BCUT2D eigenvalue weighted by atomic mass is 16.5. The van der Waals surface area contributed by atoms with Crippen LogP contribution in [0, 0.1) is 6.92 Å². The minimum absolute atomic E-state index is 0.0877. The Kier molecular flexibility index (Phi) is 7.91. The molecule has 2 rings (SSSR count). The van der Waals surface area contributed by atoms with Crippen molar-refractivity contribution in [2.45, 2.75) is 13.0 Å². The number of carbonyl (C=O) groups is 1. The Morgan fingerprint density at radius 3 is 2.48 bits per heavy atom. The number of carbonyl (C=O) groups excluding carboxylic acids is 1. The molecule has 0 unspecified atom stereocenters. The molecule has 0 bridgehead atoms. The van der Waals surface area contributed by atoms with E-state index in [9.17, 15) is 4.79 Å². The highest BCUT2D eigenvalue weighted by Crippen LogP contribution is 2.34. The van der Waals surface area contributed by atoms with Crippen LogP contribution in [0.2, 0.25) is 0 Å². The predicted octanol–water partition coefficient (Wildman–Crippen LogP) is 2.88. The lowest BCUT2D eigenvalue weighted by Gasteiger charge is -2.19. The van der Waals surface area contributed by atoms with E-state index in [1.165, 1.54) is 14.2 Å². The molecule has 0 radical (unpaired) electrons. The first kappa shape index (κ1) is 20.5. The van der Waals surface area contributed by atoms with E-state index in [4.69, 9.17) is 19.3 Å². The molecule has 7 heteroatoms. The molecule has 0 saturated heterocycles. The Morgan fingerprint density at radius 2 is 1.85 bits per heavy atom. The highest BCUT2D eigenvalue weighted by molar-refractivity contribution is 5.91. The Labute approximate surface area is 159 Å². The normalized spacial score (nSPS) is 11.6. The summed E-state index contributed by atoms with van der Waals surface area (Å²) in [5.74, 6) is 0.973. The predicted molar refractivity (Wildman–Crippen MR) is 104 cm³/mol. The zero-order chi connectivity index (χ0) is 19.6. The van der Waals surface area contributed by atoms with Crippen LogP contribution in [-0.2, 0) is 4.74 Å². The Hall–Kier alpha value is -2.77. The maximum Gasteiger partial charge on any atom is 0.319 e. The second kappa shape index (κ2) is 10.4. The van der Waals surface area contributed by atoms with E-state index in [2.05, 4.69) is 10.6 Å². The zero-order valence-electron chi connectivity index (χ0n) is 15.8. The third-order valence-corrected chi connectivity index (χ3v) is 3.96. The molecule has 7 nitrogen and oxygen atoms in total. The summed E-state index contributed by atoms with van der Waals surface area (Å²) in [5.41, 5.74) is 2.56. The van der Waals surface area contributed by atoms with Crippen LogP contribution in [0.3, 0.4) is 0 Å². The van der Waals surface area contributed by atoms with Gasteiger partial charge in [-0.1, -0.05) is 35.9 Å². The van der Waals surface area contributed by atoms with Crippen LogP contribution in [0.4, 0.5) is 10.5 Å². The van der Waals surface area contributed by atoms with Crippen molar-refractivity contribution in [1.29, 1.82) is 0 Å². The number of rotatable bonds is 9. The van der Waals surface area contributed by atoms with Crippen molar-refractivity contribution >= 4 is 11.7 Å². The number of nitrogens with one attached hydrogen (secondary N) is 2. The Balaban J connectivity index is 2.02. The number of hydrogen-bond donors (Lipinski definition) is 3. The summed E-state index contributed by atoms with van der Waals surface area (Å²) in [6.45, 7) is 2.35. The van der Waals surface area contributed by atoms with E-state index in [-0.39, 0.29) is 25.9 Å². The van der Waals surface area contributed by atoms with Crippen molar-refractivity contribution in [2.24, 2.45) is 0 Å². The van der Waals surface area contributed by atoms with Crippen LogP contribution in [0.5, 0.6) is 11.5 Å². The number of aliphatic hydroxyl groups excluding tert-OH is 1. The summed E-state index contributed by atoms with van der Waals surface area (Å²) in [6, 6.07) is 12.7. The molecule has 146 valence electrons. The van der Waals surface area contributed by atoms with Gasteiger partial charge in [-0.25, -0.2) is 4.79 Å². The summed E-state index contributed by atoms with van der Waals surface area (Å²) in [6.07, 6.45) is -0.365. The Bertz CT molecular complexity index is 734. The second-order valence-corrected chi connectivity index (χ2v) is 5.87. The van der Waals surface area contributed by atoms with Crippen molar-refractivity contribution in [3.05, 3.63) is 53.6 Å². The van der Waals surface area contributed by atoms with Crippen LogP contribution >= 0.6 is 0 Å². The fourth-order valence-corrected chi connectivity index (χ4v) is 2.59. The van der Waals surface area contributed by atoms with Gasteiger partial charge in [0, 0.05) is 6.54 Å². The van der Waals surface area contributed by atoms with Gasteiger partial charge in [0.25, 0.3) is 0 Å². The number of methoxy groups -OCH3 is 2. The van der Waals surface area contributed by atoms with Gasteiger partial charge in [0.2, 0.25) is 0 Å². The number of benzene rings is 2. The molecule has 0 aromatic heterocycles. The van der Waals surface area contributed by atoms with Crippen LogP contribution in [0.15, 0.2) is 42.5 Å². The molecule has 0 aliphatic heterocycles. The van der Waals surface area contributed by atoms with Crippen molar-refractivity contribution in [3.8, 4) is 11.5 Å². The van der Waals surface area contributed by atoms with Crippen LogP contribution in [0.1, 0.15) is 17.2 Å². The summed E-state index contributed by atoms with van der Waals surface area (Å²) < 4.78 is 16.2. The van der Waals surface area contributed by atoms with Crippen LogP contribution < -0.4 is 20.1 Å².